The van der Waals surface area contributed by atoms with Gasteiger partial charge in [-0.2, -0.15) is 0 Å². The first-order valence-electron chi connectivity index (χ1n) is 4.88. The molecule has 0 heterocycles. The van der Waals surface area contributed by atoms with Crippen molar-refractivity contribution in [2.45, 2.75) is 13.3 Å². The Morgan fingerprint density at radius 1 is 1.41 bits per heavy atom. The number of nitrogens with one attached hydrogen (secondary N) is 1. The summed E-state index contributed by atoms with van der Waals surface area (Å²) >= 11 is 0. The van der Waals surface area contributed by atoms with Gasteiger partial charge in [0.2, 0.25) is 5.91 Å². The van der Waals surface area contributed by atoms with Crippen LogP contribution in [0.2, 0.25) is 0 Å². The first kappa shape index (κ1) is 13.1. The Labute approximate surface area is 96.3 Å². The minimum atomic E-state index is -1.12. The van der Waals surface area contributed by atoms with Crippen LogP contribution in [0.1, 0.15) is 13.3 Å². The highest BCUT2D eigenvalue weighted by atomic mass is 19.1. The highest BCUT2D eigenvalue weighted by Crippen LogP contribution is 2.16. The maximum atomic E-state index is 13.2. The van der Waals surface area contributed by atoms with E-state index in [9.17, 15) is 18.4 Å². The summed E-state index contributed by atoms with van der Waals surface area (Å²) in [7, 11) is 0. The summed E-state index contributed by atoms with van der Waals surface area (Å²) in [4.78, 5) is 21.8. The normalized spacial score (nSPS) is 11.9. The molecule has 92 valence electrons. The van der Waals surface area contributed by atoms with Crippen molar-refractivity contribution in [3.63, 3.8) is 0 Å². The fourth-order valence-electron chi connectivity index (χ4n) is 1.20. The SMILES string of the molecule is CC(CC(=O)O)C(=O)Nc1ccc(F)cc1F. The molecule has 0 saturated heterocycles. The number of carbonyl (C=O) groups excluding carboxylic acids is 1. The molecule has 4 nitrogen and oxygen atoms in total. The number of benzene rings is 1. The Morgan fingerprint density at radius 3 is 2.59 bits per heavy atom. The number of aliphatic carboxylic acids is 1. The van der Waals surface area contributed by atoms with Crippen LogP contribution >= 0.6 is 0 Å². The van der Waals surface area contributed by atoms with E-state index in [0.29, 0.717) is 6.07 Å². The number of carboxylic acids is 1. The Morgan fingerprint density at radius 2 is 2.06 bits per heavy atom. The summed E-state index contributed by atoms with van der Waals surface area (Å²) in [6.45, 7) is 1.41. The van der Waals surface area contributed by atoms with Crippen molar-refractivity contribution in [3.8, 4) is 0 Å². The molecular formula is C11H11F2NO3. The third-order valence-electron chi connectivity index (χ3n) is 2.12. The zero-order valence-corrected chi connectivity index (χ0v) is 9.04. The quantitative estimate of drug-likeness (QED) is 0.850. The predicted molar refractivity (Wildman–Crippen MR) is 56.4 cm³/mol. The lowest BCUT2D eigenvalue weighted by Crippen LogP contribution is -2.23. The molecule has 1 aromatic rings. The number of hydrogen-bond acceptors (Lipinski definition) is 2. The minimum absolute atomic E-state index is 0.173. The molecule has 0 fully saturated rings. The third-order valence-corrected chi connectivity index (χ3v) is 2.12. The van der Waals surface area contributed by atoms with Gasteiger partial charge in [0.05, 0.1) is 12.1 Å². The zero-order valence-electron chi connectivity index (χ0n) is 9.04. The Balaban J connectivity index is 2.71. The number of rotatable bonds is 4. The molecule has 1 amide bonds. The van der Waals surface area contributed by atoms with Crippen LogP contribution < -0.4 is 5.32 Å². The lowest BCUT2D eigenvalue weighted by atomic mass is 10.1. The van der Waals surface area contributed by atoms with Gasteiger partial charge in [0.1, 0.15) is 11.6 Å². The van der Waals surface area contributed by atoms with Crippen molar-refractivity contribution in [2.24, 2.45) is 5.92 Å². The molecule has 0 spiro atoms. The Bertz CT molecular complexity index is 448. The molecule has 6 heteroatoms. The molecule has 1 atom stereocenters. The molecule has 1 rings (SSSR count). The lowest BCUT2D eigenvalue weighted by Gasteiger charge is -2.10. The van der Waals surface area contributed by atoms with Crippen molar-refractivity contribution < 1.29 is 23.5 Å². The van der Waals surface area contributed by atoms with Crippen molar-refractivity contribution in [1.29, 1.82) is 0 Å². The van der Waals surface area contributed by atoms with Gasteiger partial charge in [-0.05, 0) is 12.1 Å². The zero-order chi connectivity index (χ0) is 13.0. The highest BCUT2D eigenvalue weighted by Gasteiger charge is 2.17. The third kappa shape index (κ3) is 3.82. The molecule has 0 radical (unpaired) electrons. The molecular weight excluding hydrogens is 232 g/mol. The van der Waals surface area contributed by atoms with Gasteiger partial charge in [-0.1, -0.05) is 6.92 Å². The van der Waals surface area contributed by atoms with Gasteiger partial charge in [-0.3, -0.25) is 9.59 Å². The molecule has 0 aliphatic carbocycles. The largest absolute Gasteiger partial charge is 0.481 e. The maximum Gasteiger partial charge on any atom is 0.304 e. The standard InChI is InChI=1S/C11H11F2NO3/c1-6(4-10(15)16)11(17)14-9-3-2-7(12)5-8(9)13/h2-3,5-6H,4H2,1H3,(H,14,17)(H,15,16). The molecule has 17 heavy (non-hydrogen) atoms. The predicted octanol–water partition coefficient (Wildman–Crippen LogP) is 2.01. The average molecular weight is 243 g/mol. The van der Waals surface area contributed by atoms with Crippen LogP contribution in [0.5, 0.6) is 0 Å². The van der Waals surface area contributed by atoms with Crippen LogP contribution in [0.15, 0.2) is 18.2 Å². The number of halogens is 2. The van der Waals surface area contributed by atoms with Gasteiger partial charge >= 0.3 is 5.97 Å². The van der Waals surface area contributed by atoms with E-state index in [4.69, 9.17) is 5.11 Å². The van der Waals surface area contributed by atoms with E-state index >= 15 is 0 Å². The van der Waals surface area contributed by atoms with Gasteiger partial charge in [-0.25, -0.2) is 8.78 Å². The van der Waals surface area contributed by atoms with Gasteiger partial charge in [0.15, 0.2) is 0 Å². The minimum Gasteiger partial charge on any atom is -0.481 e. The van der Waals surface area contributed by atoms with Gasteiger partial charge in [0, 0.05) is 12.0 Å². The smallest absolute Gasteiger partial charge is 0.304 e. The monoisotopic (exact) mass is 243 g/mol. The molecule has 0 saturated carbocycles. The van der Waals surface area contributed by atoms with Crippen molar-refractivity contribution in [3.05, 3.63) is 29.8 Å². The highest BCUT2D eigenvalue weighted by molar-refractivity contribution is 5.94. The second-order valence-corrected chi connectivity index (χ2v) is 3.61. The van der Waals surface area contributed by atoms with E-state index < -0.39 is 29.4 Å². The molecule has 0 aromatic heterocycles. The molecule has 0 aliphatic rings. The van der Waals surface area contributed by atoms with Gasteiger partial charge < -0.3 is 10.4 Å². The molecule has 1 aromatic carbocycles. The average Bonchev–Trinajstić information content (AvgIpc) is 2.21. The topological polar surface area (TPSA) is 66.4 Å². The van der Waals surface area contributed by atoms with E-state index in [0.717, 1.165) is 12.1 Å². The first-order chi connectivity index (χ1) is 7.90. The van der Waals surface area contributed by atoms with Crippen LogP contribution in [-0.4, -0.2) is 17.0 Å². The van der Waals surface area contributed by atoms with Crippen molar-refractivity contribution in [2.75, 3.05) is 5.32 Å². The van der Waals surface area contributed by atoms with E-state index in [1.807, 2.05) is 0 Å². The molecule has 0 bridgehead atoms. The summed E-state index contributed by atoms with van der Waals surface area (Å²) in [5, 5.41) is 10.7. The van der Waals surface area contributed by atoms with Crippen molar-refractivity contribution >= 4 is 17.6 Å². The number of hydrogen-bond donors (Lipinski definition) is 2. The second-order valence-electron chi connectivity index (χ2n) is 3.61. The summed E-state index contributed by atoms with van der Waals surface area (Å²) < 4.78 is 25.8. The number of carboxylic acid groups (broad SMARTS) is 1. The summed E-state index contributed by atoms with van der Waals surface area (Å²) in [6, 6.07) is 2.72. The van der Waals surface area contributed by atoms with Crippen LogP contribution in [0.4, 0.5) is 14.5 Å². The fourth-order valence-corrected chi connectivity index (χ4v) is 1.20. The molecule has 2 N–H and O–H groups in total. The Hall–Kier alpha value is -1.98. The number of amides is 1. The van der Waals surface area contributed by atoms with E-state index in [2.05, 4.69) is 5.32 Å². The van der Waals surface area contributed by atoms with E-state index in [-0.39, 0.29) is 12.1 Å². The van der Waals surface area contributed by atoms with Crippen molar-refractivity contribution in [1.82, 2.24) is 0 Å². The first-order valence-corrected chi connectivity index (χ1v) is 4.88. The van der Waals surface area contributed by atoms with Crippen LogP contribution in [0.3, 0.4) is 0 Å². The number of anilines is 1. The second kappa shape index (κ2) is 5.38. The van der Waals surface area contributed by atoms with Crippen LogP contribution in [0, 0.1) is 17.6 Å². The summed E-state index contributed by atoms with van der Waals surface area (Å²) in [5.41, 5.74) is -0.173. The van der Waals surface area contributed by atoms with E-state index in [1.54, 1.807) is 0 Å². The lowest BCUT2D eigenvalue weighted by molar-refractivity contribution is -0.139. The fraction of sp³-hybridized carbons (Fsp3) is 0.273. The molecule has 0 aliphatic heterocycles. The number of carbonyl (C=O) groups is 2. The van der Waals surface area contributed by atoms with Gasteiger partial charge in [-0.15, -0.1) is 0 Å². The summed E-state index contributed by atoms with van der Waals surface area (Å²) in [6.07, 6.45) is -0.353. The summed E-state index contributed by atoms with van der Waals surface area (Å²) in [5.74, 6) is -4.19. The van der Waals surface area contributed by atoms with Crippen LogP contribution in [-0.2, 0) is 9.59 Å². The molecule has 1 unspecified atom stereocenters. The van der Waals surface area contributed by atoms with Gasteiger partial charge in [0.25, 0.3) is 0 Å². The van der Waals surface area contributed by atoms with Crippen LogP contribution in [0.25, 0.3) is 0 Å². The Kier molecular flexibility index (Phi) is 4.14. The van der Waals surface area contributed by atoms with E-state index in [1.165, 1.54) is 6.92 Å². The maximum absolute atomic E-state index is 13.2.